The fourth-order valence-corrected chi connectivity index (χ4v) is 5.84. The maximum atomic E-state index is 3.77. The van der Waals surface area contributed by atoms with Gasteiger partial charge in [-0.15, -0.1) is 0 Å². The molecular weight excluding hydrogens is 300 g/mol. The number of hydrazine groups is 2. The zero-order chi connectivity index (χ0) is 16.1. The van der Waals surface area contributed by atoms with E-state index in [1.165, 1.54) is 65.1 Å². The van der Waals surface area contributed by atoms with Crippen molar-refractivity contribution in [3.63, 3.8) is 0 Å². The first kappa shape index (κ1) is 16.0. The molecule has 6 heteroatoms. The summed E-state index contributed by atoms with van der Waals surface area (Å²) < 4.78 is 0. The molecule has 4 unspecified atom stereocenters. The molecule has 0 aliphatic carbocycles. The molecule has 0 aromatic heterocycles. The van der Waals surface area contributed by atoms with Gasteiger partial charge in [0.1, 0.15) is 0 Å². The molecule has 6 aliphatic rings. The maximum Gasteiger partial charge on any atom is 0.0391 e. The first-order chi connectivity index (χ1) is 11.8. The lowest BCUT2D eigenvalue weighted by molar-refractivity contribution is -0.104. The Morgan fingerprint density at radius 3 is 2.54 bits per heavy atom. The van der Waals surface area contributed by atoms with Crippen LogP contribution in [0.2, 0.25) is 0 Å². The van der Waals surface area contributed by atoms with Crippen LogP contribution >= 0.6 is 0 Å². The molecule has 0 spiro atoms. The molecule has 0 saturated carbocycles. The van der Waals surface area contributed by atoms with E-state index >= 15 is 0 Å². The van der Waals surface area contributed by atoms with Gasteiger partial charge < -0.3 is 10.6 Å². The van der Waals surface area contributed by atoms with Crippen LogP contribution in [-0.4, -0.2) is 97.1 Å². The Balaban J connectivity index is 1.27. The minimum Gasteiger partial charge on any atom is -0.314 e. The van der Waals surface area contributed by atoms with Crippen molar-refractivity contribution < 1.29 is 0 Å². The second kappa shape index (κ2) is 6.49. The van der Waals surface area contributed by atoms with Crippen molar-refractivity contribution in [1.82, 2.24) is 30.7 Å². The molecule has 136 valence electrons. The Morgan fingerprint density at radius 1 is 0.833 bits per heavy atom. The highest BCUT2D eigenvalue weighted by Crippen LogP contribution is 2.34. The fourth-order valence-electron chi connectivity index (χ4n) is 5.84. The Bertz CT molecular complexity index is 437. The first-order valence-corrected chi connectivity index (χ1v) is 10.2. The van der Waals surface area contributed by atoms with E-state index in [9.17, 15) is 0 Å². The van der Waals surface area contributed by atoms with Crippen molar-refractivity contribution in [2.45, 2.75) is 44.3 Å². The van der Waals surface area contributed by atoms with Gasteiger partial charge in [-0.05, 0) is 44.6 Å². The van der Waals surface area contributed by atoms with Gasteiger partial charge in [-0.3, -0.25) is 0 Å². The highest BCUT2D eigenvalue weighted by molar-refractivity contribution is 4.95. The highest BCUT2D eigenvalue weighted by Gasteiger charge is 2.44. The third-order valence-corrected chi connectivity index (χ3v) is 7.07. The molecule has 0 radical (unpaired) electrons. The minimum absolute atomic E-state index is 0.642. The predicted molar refractivity (Wildman–Crippen MR) is 95.3 cm³/mol. The van der Waals surface area contributed by atoms with Gasteiger partial charge >= 0.3 is 0 Å². The van der Waals surface area contributed by atoms with E-state index in [1.807, 2.05) is 0 Å². The topological polar surface area (TPSA) is 37.0 Å². The molecule has 0 aromatic carbocycles. The molecule has 6 heterocycles. The van der Waals surface area contributed by atoms with E-state index in [-0.39, 0.29) is 0 Å². The number of rotatable bonds is 2. The SMILES string of the molecule is C[C@@H]1CNCCN1N1CC2CC(C1)N(N1CC3CCC(C1)NC3)C2. The number of hydrogen-bond acceptors (Lipinski definition) is 6. The summed E-state index contributed by atoms with van der Waals surface area (Å²) in [5.74, 6) is 1.73. The molecule has 0 aromatic rings. The highest BCUT2D eigenvalue weighted by atomic mass is 15.7. The third kappa shape index (κ3) is 2.91. The van der Waals surface area contributed by atoms with Gasteiger partial charge in [-0.25, -0.2) is 20.0 Å². The van der Waals surface area contributed by atoms with Gasteiger partial charge in [-0.1, -0.05) is 0 Å². The number of nitrogens with zero attached hydrogens (tertiary/aromatic N) is 4. The lowest BCUT2D eigenvalue weighted by atomic mass is 9.97. The zero-order valence-electron chi connectivity index (χ0n) is 15.2. The maximum absolute atomic E-state index is 3.77. The smallest absolute Gasteiger partial charge is 0.0391 e. The average molecular weight is 335 g/mol. The number of piperazine rings is 1. The van der Waals surface area contributed by atoms with Gasteiger partial charge in [0.2, 0.25) is 0 Å². The van der Waals surface area contributed by atoms with E-state index < -0.39 is 0 Å². The Hall–Kier alpha value is -0.240. The molecule has 6 aliphatic heterocycles. The van der Waals surface area contributed by atoms with E-state index in [4.69, 9.17) is 0 Å². The van der Waals surface area contributed by atoms with Crippen molar-refractivity contribution in [3.05, 3.63) is 0 Å². The third-order valence-electron chi connectivity index (χ3n) is 7.07. The van der Waals surface area contributed by atoms with Crippen molar-refractivity contribution in [2.24, 2.45) is 11.8 Å². The van der Waals surface area contributed by atoms with Crippen LogP contribution in [0.1, 0.15) is 26.2 Å². The summed E-state index contributed by atoms with van der Waals surface area (Å²) >= 11 is 0. The van der Waals surface area contributed by atoms with Crippen molar-refractivity contribution in [3.8, 4) is 0 Å². The van der Waals surface area contributed by atoms with Crippen molar-refractivity contribution in [1.29, 1.82) is 0 Å². The molecule has 6 rings (SSSR count). The van der Waals surface area contributed by atoms with Gasteiger partial charge in [0.15, 0.2) is 0 Å². The van der Waals surface area contributed by atoms with E-state index in [0.29, 0.717) is 6.04 Å². The number of piperidine rings is 2. The van der Waals surface area contributed by atoms with E-state index in [1.54, 1.807) is 0 Å². The number of hydrogen-bond donors (Lipinski definition) is 2. The summed E-state index contributed by atoms with van der Waals surface area (Å²) in [6.45, 7) is 13.4. The largest absolute Gasteiger partial charge is 0.314 e. The van der Waals surface area contributed by atoms with Crippen molar-refractivity contribution in [2.75, 3.05) is 58.9 Å². The van der Waals surface area contributed by atoms with Crippen LogP contribution in [0.5, 0.6) is 0 Å². The number of fused-ring (bicyclic) bond motifs is 6. The average Bonchev–Trinajstić information content (AvgIpc) is 2.77. The summed E-state index contributed by atoms with van der Waals surface area (Å²) in [5.41, 5.74) is 0. The fraction of sp³-hybridized carbons (Fsp3) is 1.00. The van der Waals surface area contributed by atoms with Crippen molar-refractivity contribution >= 4 is 0 Å². The van der Waals surface area contributed by atoms with Crippen LogP contribution in [0.4, 0.5) is 0 Å². The second-order valence-electron chi connectivity index (χ2n) is 8.89. The molecule has 2 N–H and O–H groups in total. The minimum atomic E-state index is 0.642. The quantitative estimate of drug-likeness (QED) is 0.729. The van der Waals surface area contributed by atoms with E-state index in [2.05, 4.69) is 37.6 Å². The molecule has 0 amide bonds. The van der Waals surface area contributed by atoms with Crippen LogP contribution in [0, 0.1) is 11.8 Å². The zero-order valence-corrected chi connectivity index (χ0v) is 15.2. The summed E-state index contributed by atoms with van der Waals surface area (Å²) in [7, 11) is 0. The summed E-state index contributed by atoms with van der Waals surface area (Å²) in [6, 6.07) is 2.11. The summed E-state index contributed by atoms with van der Waals surface area (Å²) in [5, 5.41) is 18.2. The Labute approximate surface area is 146 Å². The van der Waals surface area contributed by atoms with Gasteiger partial charge in [-0.2, -0.15) is 0 Å². The molecule has 24 heavy (non-hydrogen) atoms. The molecule has 5 atom stereocenters. The summed E-state index contributed by atoms with van der Waals surface area (Å²) in [4.78, 5) is 0. The second-order valence-corrected chi connectivity index (χ2v) is 8.89. The first-order valence-electron chi connectivity index (χ1n) is 10.2. The number of nitrogens with one attached hydrogen (secondary N) is 2. The summed E-state index contributed by atoms with van der Waals surface area (Å²) in [6.07, 6.45) is 4.23. The lowest BCUT2D eigenvalue weighted by Gasteiger charge is -2.46. The Morgan fingerprint density at radius 2 is 1.71 bits per heavy atom. The van der Waals surface area contributed by atoms with Gasteiger partial charge in [0.25, 0.3) is 0 Å². The molecular formula is C18H34N6. The standard InChI is InChI=1S/C18H34N6/c1-14-7-19-4-5-23(14)22-10-16-6-18(13-22)24(11-16)21-9-15-2-3-17(12-21)20-8-15/h14-20H,2-13H2,1H3/t14-,15?,16?,17?,18?/m1/s1. The monoisotopic (exact) mass is 334 g/mol. The lowest BCUT2D eigenvalue weighted by Crippen LogP contribution is -2.61. The molecule has 6 nitrogen and oxygen atoms in total. The molecule has 6 saturated heterocycles. The van der Waals surface area contributed by atoms with Gasteiger partial charge in [0.05, 0.1) is 0 Å². The van der Waals surface area contributed by atoms with Crippen LogP contribution < -0.4 is 10.6 Å². The predicted octanol–water partition coefficient (Wildman–Crippen LogP) is -0.200. The van der Waals surface area contributed by atoms with E-state index in [0.717, 1.165) is 37.0 Å². The van der Waals surface area contributed by atoms with Crippen LogP contribution in [0.25, 0.3) is 0 Å². The molecule has 4 bridgehead atoms. The molecule has 6 fully saturated rings. The normalized spacial score (nSPS) is 45.6. The van der Waals surface area contributed by atoms with Crippen LogP contribution in [-0.2, 0) is 0 Å². The van der Waals surface area contributed by atoms with Gasteiger partial charge in [0, 0.05) is 70.5 Å². The van der Waals surface area contributed by atoms with Crippen LogP contribution in [0.15, 0.2) is 0 Å². The Kier molecular flexibility index (Phi) is 4.32. The van der Waals surface area contributed by atoms with Crippen LogP contribution in [0.3, 0.4) is 0 Å².